The Morgan fingerprint density at radius 2 is 1.95 bits per heavy atom. The largest absolute Gasteiger partial charge is 0.399 e. The van der Waals surface area contributed by atoms with Crippen LogP contribution in [-0.4, -0.2) is 49.8 Å². The van der Waals surface area contributed by atoms with Crippen LogP contribution in [0.1, 0.15) is 19.8 Å². The van der Waals surface area contributed by atoms with E-state index in [-0.39, 0.29) is 1.43 Å². The van der Waals surface area contributed by atoms with Crippen molar-refractivity contribution in [3.63, 3.8) is 0 Å². The summed E-state index contributed by atoms with van der Waals surface area (Å²) in [7, 11) is 4.34. The zero-order valence-corrected chi connectivity index (χ0v) is 12.0. The first-order chi connectivity index (χ1) is 9.15. The molecular weight excluding hydrogens is 238 g/mol. The van der Waals surface area contributed by atoms with Gasteiger partial charge in [0.05, 0.1) is 13.3 Å². The second-order valence-electron chi connectivity index (χ2n) is 5.51. The number of likely N-dealkylation sites (tertiary alicyclic amines) is 1. The van der Waals surface area contributed by atoms with Gasteiger partial charge >= 0.3 is 0 Å². The second kappa shape index (κ2) is 6.89. The third-order valence-corrected chi connectivity index (χ3v) is 3.85. The van der Waals surface area contributed by atoms with E-state index in [1.54, 1.807) is 0 Å². The lowest BCUT2D eigenvalue weighted by Crippen LogP contribution is -2.42. The van der Waals surface area contributed by atoms with Crippen LogP contribution in [0.5, 0.6) is 0 Å². The Morgan fingerprint density at radius 1 is 1.32 bits per heavy atom. The lowest BCUT2D eigenvalue weighted by molar-refractivity contribution is -0.00219. The van der Waals surface area contributed by atoms with Gasteiger partial charge in [0.1, 0.15) is 0 Å². The number of piperidine rings is 1. The van der Waals surface area contributed by atoms with Crippen molar-refractivity contribution >= 4 is 5.69 Å². The number of nitrogens with zero attached hydrogens (tertiary/aromatic N) is 2. The van der Waals surface area contributed by atoms with Crippen molar-refractivity contribution in [3.8, 4) is 0 Å². The molecule has 19 heavy (non-hydrogen) atoms. The van der Waals surface area contributed by atoms with Gasteiger partial charge < -0.3 is 15.4 Å². The summed E-state index contributed by atoms with van der Waals surface area (Å²) in [5.41, 5.74) is 7.63. The van der Waals surface area contributed by atoms with Crippen LogP contribution in [0.15, 0.2) is 24.3 Å². The molecule has 1 aromatic rings. The summed E-state index contributed by atoms with van der Waals surface area (Å²) >= 11 is 0. The number of hydrogen-bond acceptors (Lipinski definition) is 4. The Hall–Kier alpha value is -1.10. The minimum absolute atomic E-state index is 0. The highest BCUT2D eigenvalue weighted by Gasteiger charge is 2.20. The molecule has 4 heteroatoms. The van der Waals surface area contributed by atoms with Gasteiger partial charge in [-0.15, -0.1) is 0 Å². The fraction of sp³-hybridized carbons (Fsp3) is 0.600. The number of ether oxygens (including phenoxy) is 1. The number of benzene rings is 1. The number of rotatable bonds is 5. The van der Waals surface area contributed by atoms with E-state index in [4.69, 9.17) is 10.5 Å². The predicted octanol–water partition coefficient (Wildman–Crippen LogP) is 2.01. The van der Waals surface area contributed by atoms with Gasteiger partial charge in [-0.2, -0.15) is 0 Å². The van der Waals surface area contributed by atoms with Gasteiger partial charge in [0.15, 0.2) is 0 Å². The molecule has 0 radical (unpaired) electrons. The van der Waals surface area contributed by atoms with Crippen LogP contribution >= 0.6 is 0 Å². The van der Waals surface area contributed by atoms with Gasteiger partial charge in [-0.05, 0) is 57.7 Å². The van der Waals surface area contributed by atoms with Crippen LogP contribution in [0.3, 0.4) is 0 Å². The van der Waals surface area contributed by atoms with E-state index < -0.39 is 0 Å². The molecular formula is C15H27N3O. The molecule has 0 aromatic heterocycles. The molecule has 0 amide bonds. The highest BCUT2D eigenvalue weighted by Crippen LogP contribution is 2.14. The van der Waals surface area contributed by atoms with Crippen molar-refractivity contribution in [1.29, 1.82) is 0 Å². The number of hydrogen-bond donors (Lipinski definition) is 1. The van der Waals surface area contributed by atoms with Gasteiger partial charge in [-0.3, -0.25) is 4.90 Å². The molecule has 2 N–H and O–H groups in total. The van der Waals surface area contributed by atoms with E-state index >= 15 is 0 Å². The van der Waals surface area contributed by atoms with Crippen LogP contribution in [0.2, 0.25) is 0 Å². The molecule has 1 aliphatic heterocycles. The molecule has 108 valence electrons. The minimum Gasteiger partial charge on any atom is -0.399 e. The Kier molecular flexibility index (Phi) is 5.19. The fourth-order valence-corrected chi connectivity index (χ4v) is 2.46. The van der Waals surface area contributed by atoms with Crippen molar-refractivity contribution in [2.45, 2.75) is 25.5 Å². The third-order valence-electron chi connectivity index (χ3n) is 3.85. The smallest absolute Gasteiger partial charge is 0.0994 e. The first kappa shape index (κ1) is 14.3. The van der Waals surface area contributed by atoms with Crippen molar-refractivity contribution in [1.82, 2.24) is 9.80 Å². The zero-order valence-electron chi connectivity index (χ0n) is 12.0. The quantitative estimate of drug-likeness (QED) is 0.653. The van der Waals surface area contributed by atoms with Gasteiger partial charge in [-0.1, -0.05) is 12.1 Å². The monoisotopic (exact) mass is 265 g/mol. The van der Waals surface area contributed by atoms with Gasteiger partial charge in [0, 0.05) is 13.2 Å². The third kappa shape index (κ3) is 4.49. The van der Waals surface area contributed by atoms with E-state index in [0.29, 0.717) is 19.4 Å². The van der Waals surface area contributed by atoms with Crippen LogP contribution < -0.4 is 5.73 Å². The Balaban J connectivity index is 0.00000200. The standard InChI is InChI=1S/C15H25N3O.H2/c1-17-9-7-15(8-10-17)18(2)12-19-11-13-3-5-14(16)6-4-13;/h3-6,15H,7-12,16H2,1-2H3;1H. The summed E-state index contributed by atoms with van der Waals surface area (Å²) in [5, 5.41) is 0. The summed E-state index contributed by atoms with van der Waals surface area (Å²) < 4.78 is 5.77. The zero-order chi connectivity index (χ0) is 13.7. The molecule has 0 atom stereocenters. The lowest BCUT2D eigenvalue weighted by Gasteiger charge is -2.34. The number of nitrogens with two attached hydrogens (primary N) is 1. The SMILES string of the molecule is CN1CCC(N(C)COCc2ccc(N)cc2)CC1.[HH]. The molecule has 1 saturated heterocycles. The molecule has 0 saturated carbocycles. The van der Waals surface area contributed by atoms with Crippen LogP contribution in [0.25, 0.3) is 0 Å². The Labute approximate surface area is 117 Å². The lowest BCUT2D eigenvalue weighted by atomic mass is 10.1. The highest BCUT2D eigenvalue weighted by molar-refractivity contribution is 5.39. The molecule has 0 spiro atoms. The Morgan fingerprint density at radius 3 is 2.58 bits per heavy atom. The molecule has 1 aliphatic rings. The molecule has 0 bridgehead atoms. The van der Waals surface area contributed by atoms with E-state index in [1.165, 1.54) is 31.5 Å². The summed E-state index contributed by atoms with van der Waals surface area (Å²) in [6, 6.07) is 8.52. The molecule has 4 nitrogen and oxygen atoms in total. The van der Waals surface area contributed by atoms with Crippen molar-refractivity contribution in [2.75, 3.05) is 39.6 Å². The number of anilines is 1. The maximum atomic E-state index is 5.77. The van der Waals surface area contributed by atoms with Crippen molar-refractivity contribution in [2.24, 2.45) is 0 Å². The number of nitrogen functional groups attached to an aromatic ring is 1. The van der Waals surface area contributed by atoms with Crippen molar-refractivity contribution in [3.05, 3.63) is 29.8 Å². The van der Waals surface area contributed by atoms with Crippen LogP contribution in [-0.2, 0) is 11.3 Å². The maximum Gasteiger partial charge on any atom is 0.0994 e. The van der Waals surface area contributed by atoms with Crippen molar-refractivity contribution < 1.29 is 6.16 Å². The topological polar surface area (TPSA) is 41.7 Å². The summed E-state index contributed by atoms with van der Waals surface area (Å²) in [5.74, 6) is 0. The molecule has 1 heterocycles. The normalized spacial score (nSPS) is 18.1. The Bertz CT molecular complexity index is 377. The molecule has 0 aliphatic carbocycles. The highest BCUT2D eigenvalue weighted by atomic mass is 16.5. The first-order valence-corrected chi connectivity index (χ1v) is 6.96. The van der Waals surface area contributed by atoms with Gasteiger partial charge in [-0.25, -0.2) is 0 Å². The van der Waals surface area contributed by atoms with E-state index in [0.717, 1.165) is 5.69 Å². The van der Waals surface area contributed by atoms with E-state index in [1.807, 2.05) is 24.3 Å². The van der Waals surface area contributed by atoms with Crippen LogP contribution in [0.4, 0.5) is 5.69 Å². The predicted molar refractivity (Wildman–Crippen MR) is 80.9 cm³/mol. The maximum absolute atomic E-state index is 5.77. The molecule has 1 fully saturated rings. The second-order valence-corrected chi connectivity index (χ2v) is 5.51. The average Bonchev–Trinajstić information content (AvgIpc) is 2.41. The average molecular weight is 265 g/mol. The fourth-order valence-electron chi connectivity index (χ4n) is 2.46. The van der Waals surface area contributed by atoms with Gasteiger partial charge in [0.25, 0.3) is 0 Å². The summed E-state index contributed by atoms with van der Waals surface area (Å²) in [4.78, 5) is 4.71. The van der Waals surface area contributed by atoms with Gasteiger partial charge in [0.2, 0.25) is 0 Å². The summed E-state index contributed by atoms with van der Waals surface area (Å²) in [6.07, 6.45) is 2.47. The molecule has 1 aromatic carbocycles. The molecule has 0 unspecified atom stereocenters. The van der Waals surface area contributed by atoms with Crippen LogP contribution in [0, 0.1) is 0 Å². The minimum atomic E-state index is 0. The summed E-state index contributed by atoms with van der Waals surface area (Å²) in [6.45, 7) is 3.72. The first-order valence-electron chi connectivity index (χ1n) is 6.96. The van der Waals surface area contributed by atoms with E-state index in [9.17, 15) is 0 Å². The molecule has 2 rings (SSSR count). The van der Waals surface area contributed by atoms with E-state index in [2.05, 4.69) is 23.9 Å².